The number of rotatable bonds is 8. The van der Waals surface area contributed by atoms with Crippen LogP contribution >= 0.6 is 0 Å². The monoisotopic (exact) mass is 594 g/mol. The van der Waals surface area contributed by atoms with E-state index in [9.17, 15) is 19.8 Å². The number of nitrogens with one attached hydrogen (secondary N) is 2. The van der Waals surface area contributed by atoms with Crippen molar-refractivity contribution in [1.29, 1.82) is 0 Å². The van der Waals surface area contributed by atoms with Gasteiger partial charge in [-0.05, 0) is 67.9 Å². The first-order valence-electron chi connectivity index (χ1n) is 15.3. The lowest BCUT2D eigenvalue weighted by Gasteiger charge is -2.28. The maximum atomic E-state index is 12.6. The first-order chi connectivity index (χ1) is 19.5. The Morgan fingerprint density at radius 3 is 1.00 bits per heavy atom. The highest BCUT2D eigenvalue weighted by Gasteiger charge is 2.28. The molecule has 0 radical (unpaired) electrons. The molecule has 240 valence electrons. The number of aromatic hydroxyl groups is 2. The zero-order valence-electron chi connectivity index (χ0n) is 29.0. The first-order valence-corrected chi connectivity index (χ1v) is 15.3. The number of hydrogen-bond acceptors (Lipinski definition) is 4. The molecular weight excluding hydrogens is 536 g/mol. The predicted molar refractivity (Wildman–Crippen MR) is 180 cm³/mol. The summed E-state index contributed by atoms with van der Waals surface area (Å²) >= 11 is 0. The molecule has 6 nitrogen and oxygen atoms in total. The van der Waals surface area contributed by atoms with Crippen LogP contribution in [-0.2, 0) is 44.1 Å². The number of carbonyl (C=O) groups is 2. The van der Waals surface area contributed by atoms with Gasteiger partial charge in [0, 0.05) is 12.8 Å². The Hall–Kier alpha value is -3.28. The number of phenolic OH excluding ortho intramolecular Hbond substituents is 2. The van der Waals surface area contributed by atoms with Crippen LogP contribution < -0.4 is 10.6 Å². The van der Waals surface area contributed by atoms with Crippen molar-refractivity contribution < 1.29 is 19.8 Å². The lowest BCUT2D eigenvalue weighted by atomic mass is 9.78. The zero-order valence-corrected chi connectivity index (χ0v) is 29.0. The van der Waals surface area contributed by atoms with Crippen molar-refractivity contribution in [2.75, 3.05) is 6.67 Å². The Labute approximate surface area is 261 Å². The molecular formula is C37H58N2O4. The number of carbonyl (C=O) groups excluding carboxylic acids is 2. The molecule has 0 aliphatic rings. The lowest BCUT2D eigenvalue weighted by Crippen LogP contribution is -2.37. The fourth-order valence-electron chi connectivity index (χ4n) is 4.90. The summed E-state index contributed by atoms with van der Waals surface area (Å²) in [6.07, 6.45) is 1.65. The first kappa shape index (κ1) is 37.7. The Bertz CT molecular complexity index is 1100. The van der Waals surface area contributed by atoms with E-state index >= 15 is 0 Å². The molecule has 0 unspecified atom stereocenters. The minimum Gasteiger partial charge on any atom is -0.507 e. The van der Waals surface area contributed by atoms with Gasteiger partial charge in [0.05, 0.1) is 6.67 Å². The highest BCUT2D eigenvalue weighted by Crippen LogP contribution is 2.41. The van der Waals surface area contributed by atoms with E-state index in [1.54, 1.807) is 0 Å². The average Bonchev–Trinajstić information content (AvgIpc) is 2.85. The van der Waals surface area contributed by atoms with Gasteiger partial charge < -0.3 is 20.8 Å². The second kappa shape index (κ2) is 14.5. The van der Waals surface area contributed by atoms with E-state index in [4.69, 9.17) is 0 Å². The molecule has 0 spiro atoms. The van der Waals surface area contributed by atoms with Gasteiger partial charge >= 0.3 is 0 Å². The van der Waals surface area contributed by atoms with E-state index in [0.29, 0.717) is 24.3 Å². The van der Waals surface area contributed by atoms with Crippen LogP contribution in [0.5, 0.6) is 11.5 Å². The van der Waals surface area contributed by atoms with E-state index in [0.717, 1.165) is 33.4 Å². The van der Waals surface area contributed by atoms with Crippen molar-refractivity contribution in [2.24, 2.45) is 0 Å². The van der Waals surface area contributed by atoms with Gasteiger partial charge in [-0.25, -0.2) is 0 Å². The maximum Gasteiger partial charge on any atom is 0.221 e. The minimum absolute atomic E-state index is 0.0732. The quantitative estimate of drug-likeness (QED) is 0.185. The summed E-state index contributed by atoms with van der Waals surface area (Å²) < 4.78 is 0. The van der Waals surface area contributed by atoms with Crippen molar-refractivity contribution in [3.8, 4) is 11.5 Å². The summed E-state index contributed by atoms with van der Waals surface area (Å²) in [6.45, 7) is 30.9. The number of hydrogen-bond donors (Lipinski definition) is 4. The van der Waals surface area contributed by atoms with Crippen LogP contribution in [0.15, 0.2) is 37.4 Å². The van der Waals surface area contributed by atoms with Crippen LogP contribution in [0, 0.1) is 0 Å². The number of aryl methyl sites for hydroxylation is 2. The van der Waals surface area contributed by atoms with Crippen LogP contribution in [0.1, 0.15) is 129 Å². The Morgan fingerprint density at radius 2 is 0.791 bits per heavy atom. The second-order valence-corrected chi connectivity index (χ2v) is 15.5. The van der Waals surface area contributed by atoms with Crippen molar-refractivity contribution >= 4 is 11.8 Å². The van der Waals surface area contributed by atoms with Crippen LogP contribution in [0.3, 0.4) is 0 Å². The topological polar surface area (TPSA) is 98.7 Å². The van der Waals surface area contributed by atoms with Gasteiger partial charge in [-0.2, -0.15) is 0 Å². The fraction of sp³-hybridized carbons (Fsp3) is 0.568. The Balaban J connectivity index is 0.00000452. The highest BCUT2D eigenvalue weighted by molar-refractivity contribution is 5.79. The molecule has 43 heavy (non-hydrogen) atoms. The Kier molecular flexibility index (Phi) is 12.7. The number of phenols is 2. The largest absolute Gasteiger partial charge is 0.507 e. The molecule has 4 N–H and O–H groups in total. The van der Waals surface area contributed by atoms with Gasteiger partial charge in [-0.1, -0.05) is 107 Å². The summed E-state index contributed by atoms with van der Waals surface area (Å²) in [5, 5.41) is 27.4. The molecule has 6 heteroatoms. The van der Waals surface area contributed by atoms with Gasteiger partial charge in [0.15, 0.2) is 0 Å². The van der Waals surface area contributed by atoms with Gasteiger partial charge in [0.25, 0.3) is 0 Å². The fourth-order valence-corrected chi connectivity index (χ4v) is 4.90. The predicted octanol–water partition coefficient (Wildman–Crippen LogP) is 7.85. The molecule has 0 saturated carbocycles. The molecule has 0 aliphatic carbocycles. The third-order valence-electron chi connectivity index (χ3n) is 7.42. The molecule has 0 heterocycles. The maximum absolute atomic E-state index is 12.6. The summed E-state index contributed by atoms with van der Waals surface area (Å²) in [5.41, 5.74) is 4.63. The Morgan fingerprint density at radius 1 is 0.558 bits per heavy atom. The molecule has 2 aromatic carbocycles. The SMILES string of the molecule is C=C.CC(C)(C)c1cc(CCC(=O)NCNC(=O)CCc2cc(C(C)(C)C)c(O)c(C(C)(C)C)c2)cc(C(C)(C)C)c1O. The lowest BCUT2D eigenvalue weighted by molar-refractivity contribution is -0.122. The molecule has 0 saturated heterocycles. The summed E-state index contributed by atoms with van der Waals surface area (Å²) in [5.74, 6) is 0.377. The van der Waals surface area contributed by atoms with Gasteiger partial charge in [-0.3, -0.25) is 9.59 Å². The van der Waals surface area contributed by atoms with E-state index in [2.05, 4.69) is 107 Å². The normalized spacial score (nSPS) is 12.3. The third kappa shape index (κ3) is 11.1. The molecule has 0 aliphatic heterocycles. The molecule has 2 amide bonds. The van der Waals surface area contributed by atoms with Crippen LogP contribution in [-0.4, -0.2) is 28.7 Å². The van der Waals surface area contributed by atoms with Crippen LogP contribution in [0.2, 0.25) is 0 Å². The standard InChI is InChI=1S/C35H54N2O4.C2H4/c1-32(2,3)24-17-22(18-25(30(24)40)33(4,5)6)13-15-28(38)36-21-37-29(39)16-14-23-19-26(34(7,8)9)31(41)27(20-23)35(10,11)12;1-2/h17-20,40-41H,13-16,21H2,1-12H3,(H,36,38)(H,37,39);1-2H2. The molecule has 0 bridgehead atoms. The van der Waals surface area contributed by atoms with E-state index in [-0.39, 0.29) is 53.0 Å². The van der Waals surface area contributed by atoms with Crippen LogP contribution in [0.25, 0.3) is 0 Å². The van der Waals surface area contributed by atoms with Crippen molar-refractivity contribution in [3.63, 3.8) is 0 Å². The molecule has 0 fully saturated rings. The van der Waals surface area contributed by atoms with Crippen molar-refractivity contribution in [2.45, 2.75) is 130 Å². The van der Waals surface area contributed by atoms with Gasteiger partial charge in [0.2, 0.25) is 11.8 Å². The molecule has 0 aromatic heterocycles. The summed E-state index contributed by atoms with van der Waals surface area (Å²) in [7, 11) is 0. The van der Waals surface area contributed by atoms with Crippen molar-refractivity contribution in [3.05, 3.63) is 70.8 Å². The van der Waals surface area contributed by atoms with Gasteiger partial charge in [0.1, 0.15) is 11.5 Å². The smallest absolute Gasteiger partial charge is 0.221 e. The zero-order chi connectivity index (χ0) is 33.6. The van der Waals surface area contributed by atoms with E-state index < -0.39 is 0 Å². The average molecular weight is 595 g/mol. The second-order valence-electron chi connectivity index (χ2n) is 15.5. The number of amides is 2. The minimum atomic E-state index is -0.227. The molecule has 0 atom stereocenters. The summed E-state index contributed by atoms with van der Waals surface area (Å²) in [6, 6.07) is 8.00. The van der Waals surface area contributed by atoms with Gasteiger partial charge in [-0.15, -0.1) is 13.2 Å². The van der Waals surface area contributed by atoms with Crippen molar-refractivity contribution in [1.82, 2.24) is 10.6 Å². The third-order valence-corrected chi connectivity index (χ3v) is 7.42. The highest BCUT2D eigenvalue weighted by atomic mass is 16.3. The van der Waals surface area contributed by atoms with E-state index in [1.807, 2.05) is 24.3 Å². The number of benzene rings is 2. The van der Waals surface area contributed by atoms with E-state index in [1.165, 1.54) is 0 Å². The van der Waals surface area contributed by atoms with Crippen LogP contribution in [0.4, 0.5) is 0 Å². The summed E-state index contributed by atoms with van der Waals surface area (Å²) in [4.78, 5) is 25.1. The molecule has 2 aromatic rings. The molecule has 2 rings (SSSR count).